The smallest absolute Gasteiger partial charge is 0.254 e. The zero-order valence-electron chi connectivity index (χ0n) is 19.5. The molecule has 1 aliphatic rings. The highest BCUT2D eigenvalue weighted by Crippen LogP contribution is 2.27. The predicted octanol–water partition coefficient (Wildman–Crippen LogP) is 5.15. The minimum absolute atomic E-state index is 0.0627. The lowest BCUT2D eigenvalue weighted by molar-refractivity contribution is 0.0557. The molecule has 172 valence electrons. The number of anilines is 1. The Kier molecular flexibility index (Phi) is 7.13. The summed E-state index contributed by atoms with van der Waals surface area (Å²) in [5.74, 6) is 1.60. The molecule has 1 aromatic heterocycles. The Bertz CT molecular complexity index is 1100. The summed E-state index contributed by atoms with van der Waals surface area (Å²) in [6.07, 6.45) is 2.43. The number of nitrogens with one attached hydrogen (secondary N) is 1. The number of aromatic nitrogens is 1. The molecule has 0 bridgehead atoms. The fourth-order valence-corrected chi connectivity index (χ4v) is 4.20. The second kappa shape index (κ2) is 10.4. The minimum Gasteiger partial charge on any atom is -0.491 e. The summed E-state index contributed by atoms with van der Waals surface area (Å²) < 4.78 is 11.6. The molecule has 33 heavy (non-hydrogen) atoms. The van der Waals surface area contributed by atoms with Crippen molar-refractivity contribution in [1.29, 1.82) is 0 Å². The summed E-state index contributed by atoms with van der Waals surface area (Å²) in [5, 5.41) is 3.54. The molecule has 1 atom stereocenters. The van der Waals surface area contributed by atoms with E-state index in [4.69, 9.17) is 9.47 Å². The van der Waals surface area contributed by atoms with E-state index in [-0.39, 0.29) is 11.9 Å². The Balaban J connectivity index is 1.77. The number of fused-ring (bicyclic) bond motifs is 2. The molecule has 4 rings (SSSR count). The van der Waals surface area contributed by atoms with E-state index >= 15 is 0 Å². The van der Waals surface area contributed by atoms with E-state index in [1.54, 1.807) is 25.4 Å². The number of carbonyl (C=O) groups is 1. The fourth-order valence-electron chi connectivity index (χ4n) is 4.20. The molecule has 0 radical (unpaired) electrons. The number of rotatable bonds is 4. The molecule has 0 unspecified atom stereocenters. The molecule has 0 saturated carbocycles. The van der Waals surface area contributed by atoms with E-state index in [0.717, 1.165) is 29.0 Å². The average Bonchev–Trinajstić information content (AvgIpc) is 2.86. The van der Waals surface area contributed by atoms with Crippen molar-refractivity contribution >= 4 is 11.6 Å². The molecule has 2 aromatic carbocycles. The molecule has 0 saturated heterocycles. The maximum Gasteiger partial charge on any atom is 0.254 e. The Hall–Kier alpha value is -3.54. The van der Waals surface area contributed by atoms with Crippen LogP contribution >= 0.6 is 0 Å². The highest BCUT2D eigenvalue weighted by atomic mass is 16.5. The van der Waals surface area contributed by atoms with E-state index in [9.17, 15) is 4.79 Å². The molecule has 0 spiro atoms. The standard InChI is InChI=1S/C27H31N3O3/c1-19(2)14-23-18-33-25-11-7-5-8-21(25)16-29-24-10-6-4-9-22(24)17-30(23)27(31)20-12-13-28-26(15-20)32-3/h4-13,15,19,23,29H,14,16-18H2,1-3H3/t23-/m0/s1. The van der Waals surface area contributed by atoms with Crippen LogP contribution in [0.15, 0.2) is 66.9 Å². The predicted molar refractivity (Wildman–Crippen MR) is 130 cm³/mol. The van der Waals surface area contributed by atoms with Crippen molar-refractivity contribution in [1.82, 2.24) is 9.88 Å². The Morgan fingerprint density at radius 1 is 1.15 bits per heavy atom. The van der Waals surface area contributed by atoms with Crippen LogP contribution in [0.25, 0.3) is 0 Å². The molecule has 6 nitrogen and oxygen atoms in total. The third kappa shape index (κ3) is 5.45. The van der Waals surface area contributed by atoms with Gasteiger partial charge in [0.25, 0.3) is 5.91 Å². The molecule has 0 fully saturated rings. The van der Waals surface area contributed by atoms with Gasteiger partial charge in [0.05, 0.1) is 13.2 Å². The van der Waals surface area contributed by atoms with Gasteiger partial charge in [-0.25, -0.2) is 4.98 Å². The van der Waals surface area contributed by atoms with Gasteiger partial charge >= 0.3 is 0 Å². The molecule has 1 amide bonds. The van der Waals surface area contributed by atoms with Crippen molar-refractivity contribution in [3.05, 3.63) is 83.6 Å². The Morgan fingerprint density at radius 3 is 2.70 bits per heavy atom. The van der Waals surface area contributed by atoms with Gasteiger partial charge in [0, 0.05) is 42.2 Å². The summed E-state index contributed by atoms with van der Waals surface area (Å²) in [6, 6.07) is 19.6. The van der Waals surface area contributed by atoms with Crippen LogP contribution in [0.2, 0.25) is 0 Å². The number of hydrogen-bond acceptors (Lipinski definition) is 5. The third-order valence-electron chi connectivity index (χ3n) is 5.87. The summed E-state index contributed by atoms with van der Waals surface area (Å²) in [4.78, 5) is 19.9. The Morgan fingerprint density at radius 2 is 1.91 bits per heavy atom. The average molecular weight is 446 g/mol. The van der Waals surface area contributed by atoms with Gasteiger partial charge < -0.3 is 19.7 Å². The maximum atomic E-state index is 13.8. The van der Waals surface area contributed by atoms with Crippen LogP contribution in [-0.4, -0.2) is 35.5 Å². The van der Waals surface area contributed by atoms with Crippen molar-refractivity contribution in [2.24, 2.45) is 5.92 Å². The number of amides is 1. The topological polar surface area (TPSA) is 63.7 Å². The molecular formula is C27H31N3O3. The second-order valence-electron chi connectivity index (χ2n) is 8.73. The molecule has 1 aliphatic heterocycles. The summed E-state index contributed by atoms with van der Waals surface area (Å²) in [5.41, 5.74) is 3.73. The van der Waals surface area contributed by atoms with Gasteiger partial charge in [-0.1, -0.05) is 50.2 Å². The van der Waals surface area contributed by atoms with Crippen molar-refractivity contribution in [2.75, 3.05) is 19.0 Å². The number of benzene rings is 2. The highest BCUT2D eigenvalue weighted by Gasteiger charge is 2.28. The summed E-state index contributed by atoms with van der Waals surface area (Å²) in [7, 11) is 1.55. The van der Waals surface area contributed by atoms with Crippen LogP contribution in [0.1, 0.15) is 41.8 Å². The fraction of sp³-hybridized carbons (Fsp3) is 0.333. The molecule has 6 heteroatoms. The SMILES string of the molecule is COc1cc(C(=O)N2Cc3ccccc3NCc3ccccc3OC[C@@H]2CC(C)C)ccn1. The van der Waals surface area contributed by atoms with Crippen LogP contribution in [0.4, 0.5) is 5.69 Å². The molecule has 1 N–H and O–H groups in total. The van der Waals surface area contributed by atoms with Gasteiger partial charge in [-0.3, -0.25) is 4.79 Å². The second-order valence-corrected chi connectivity index (χ2v) is 8.73. The lowest BCUT2D eigenvalue weighted by Crippen LogP contribution is -2.44. The number of ether oxygens (including phenoxy) is 2. The zero-order chi connectivity index (χ0) is 23.2. The summed E-state index contributed by atoms with van der Waals surface area (Å²) >= 11 is 0. The lowest BCUT2D eigenvalue weighted by atomic mass is 10.0. The number of methoxy groups -OCH3 is 1. The first-order valence-electron chi connectivity index (χ1n) is 11.4. The lowest BCUT2D eigenvalue weighted by Gasteiger charge is -2.33. The number of para-hydroxylation sites is 2. The molecule has 2 heterocycles. The number of pyridine rings is 1. The van der Waals surface area contributed by atoms with Gasteiger partial charge in [0.2, 0.25) is 5.88 Å². The highest BCUT2D eigenvalue weighted by molar-refractivity contribution is 5.94. The van der Waals surface area contributed by atoms with Gasteiger partial charge in [-0.15, -0.1) is 0 Å². The van der Waals surface area contributed by atoms with Crippen molar-refractivity contribution in [3.8, 4) is 11.6 Å². The first-order chi connectivity index (χ1) is 16.0. The first-order valence-corrected chi connectivity index (χ1v) is 11.4. The van der Waals surface area contributed by atoms with Crippen LogP contribution < -0.4 is 14.8 Å². The van der Waals surface area contributed by atoms with Crippen molar-refractivity contribution in [3.63, 3.8) is 0 Å². The quantitative estimate of drug-likeness (QED) is 0.602. The van der Waals surface area contributed by atoms with Crippen LogP contribution in [-0.2, 0) is 13.1 Å². The number of carbonyl (C=O) groups excluding carboxylic acids is 1. The van der Waals surface area contributed by atoms with Crippen LogP contribution in [0.3, 0.4) is 0 Å². The van der Waals surface area contributed by atoms with Gasteiger partial charge in [-0.2, -0.15) is 0 Å². The van der Waals surface area contributed by atoms with Crippen LogP contribution in [0, 0.1) is 5.92 Å². The zero-order valence-corrected chi connectivity index (χ0v) is 19.5. The van der Waals surface area contributed by atoms with E-state index in [2.05, 4.69) is 42.3 Å². The van der Waals surface area contributed by atoms with E-state index < -0.39 is 0 Å². The molecule has 0 aliphatic carbocycles. The number of nitrogens with zero attached hydrogens (tertiary/aromatic N) is 2. The largest absolute Gasteiger partial charge is 0.491 e. The van der Waals surface area contributed by atoms with Crippen LogP contribution in [0.5, 0.6) is 11.6 Å². The van der Waals surface area contributed by atoms with E-state index in [0.29, 0.717) is 37.1 Å². The van der Waals surface area contributed by atoms with E-state index in [1.165, 1.54) is 0 Å². The van der Waals surface area contributed by atoms with E-state index in [1.807, 2.05) is 35.2 Å². The third-order valence-corrected chi connectivity index (χ3v) is 5.87. The first kappa shape index (κ1) is 22.6. The van der Waals surface area contributed by atoms with Crippen molar-refractivity contribution < 1.29 is 14.3 Å². The minimum atomic E-state index is -0.101. The molecule has 3 aromatic rings. The number of hydrogen-bond donors (Lipinski definition) is 1. The monoisotopic (exact) mass is 445 g/mol. The summed E-state index contributed by atoms with van der Waals surface area (Å²) in [6.45, 7) is 5.89. The molecular weight excluding hydrogens is 414 g/mol. The maximum absolute atomic E-state index is 13.8. The van der Waals surface area contributed by atoms with Crippen molar-refractivity contribution in [2.45, 2.75) is 39.4 Å². The normalized spacial score (nSPS) is 16.0. The Labute approximate surface area is 195 Å². The van der Waals surface area contributed by atoms with Gasteiger partial charge in [0.1, 0.15) is 12.4 Å². The van der Waals surface area contributed by atoms with Gasteiger partial charge in [0.15, 0.2) is 0 Å². The van der Waals surface area contributed by atoms with Gasteiger partial charge in [-0.05, 0) is 36.1 Å².